The van der Waals surface area contributed by atoms with Crippen molar-refractivity contribution < 1.29 is 9.47 Å². The number of ether oxygens (including phenoxy) is 2. The first-order valence-corrected chi connectivity index (χ1v) is 9.87. The molecule has 9 heteroatoms. The smallest absolute Gasteiger partial charge is 0.278 e. The number of benzene rings is 2. The van der Waals surface area contributed by atoms with Crippen molar-refractivity contribution in [1.29, 1.82) is 0 Å². The van der Waals surface area contributed by atoms with Crippen LogP contribution in [0, 0.1) is 8.73 Å². The molecule has 6 nitrogen and oxygen atoms in total. The van der Waals surface area contributed by atoms with Crippen molar-refractivity contribution >= 4 is 46.1 Å². The van der Waals surface area contributed by atoms with Crippen molar-refractivity contribution in [3.8, 4) is 22.9 Å². The summed E-state index contributed by atoms with van der Waals surface area (Å²) in [7, 11) is 3.10. The highest BCUT2D eigenvalue weighted by molar-refractivity contribution is 7.73. The first kappa shape index (κ1) is 18.6. The van der Waals surface area contributed by atoms with Crippen LogP contribution in [0.2, 0.25) is 0 Å². The topological polar surface area (TPSA) is 61.2 Å². The minimum atomic E-state index is -0.239. The molecule has 0 bridgehead atoms. The van der Waals surface area contributed by atoms with Gasteiger partial charge in [0.25, 0.3) is 5.56 Å². The molecule has 0 atom stereocenters. The molecule has 4 rings (SSSR count). The predicted molar refractivity (Wildman–Crippen MR) is 116 cm³/mol. The van der Waals surface area contributed by atoms with Crippen LogP contribution in [-0.2, 0) is 0 Å². The van der Waals surface area contributed by atoms with Crippen LogP contribution < -0.4 is 15.0 Å². The monoisotopic (exact) mass is 429 g/mol. The van der Waals surface area contributed by atoms with Gasteiger partial charge in [-0.2, -0.15) is 0 Å². The molecule has 2 aromatic heterocycles. The molecule has 0 unspecified atom stereocenters. The third-order valence-electron chi connectivity index (χ3n) is 4.28. The number of fused-ring (bicyclic) bond motifs is 1. The van der Waals surface area contributed by atoms with Gasteiger partial charge in [0, 0.05) is 11.8 Å². The lowest BCUT2D eigenvalue weighted by molar-refractivity contribution is 0.355. The van der Waals surface area contributed by atoms with E-state index in [4.69, 9.17) is 33.9 Å². The number of hydrogen-bond acceptors (Lipinski definition) is 6. The maximum Gasteiger partial charge on any atom is 0.278 e. The number of nitrogens with zero attached hydrogens (tertiary/aromatic N) is 2. The second-order valence-electron chi connectivity index (χ2n) is 5.83. The lowest BCUT2D eigenvalue weighted by Gasteiger charge is -2.12. The molecule has 0 amide bonds. The third-order valence-corrected chi connectivity index (χ3v) is 5.92. The van der Waals surface area contributed by atoms with Gasteiger partial charge in [-0.3, -0.25) is 13.9 Å². The molecule has 2 aromatic carbocycles. The van der Waals surface area contributed by atoms with E-state index in [2.05, 4.69) is 4.98 Å². The molecular weight excluding hydrogens is 414 g/mol. The van der Waals surface area contributed by atoms with Gasteiger partial charge in [-0.1, -0.05) is 29.5 Å². The van der Waals surface area contributed by atoms with Crippen LogP contribution in [-0.4, -0.2) is 28.3 Å². The summed E-state index contributed by atoms with van der Waals surface area (Å²) in [5.74, 6) is 1.08. The van der Waals surface area contributed by atoms with Gasteiger partial charge in [0.1, 0.15) is 10.3 Å². The van der Waals surface area contributed by atoms with Crippen LogP contribution in [0.5, 0.6) is 11.5 Å². The Morgan fingerprint density at radius 2 is 1.64 bits per heavy atom. The number of aromatic nitrogens is 3. The largest absolute Gasteiger partial charge is 0.493 e. The fourth-order valence-electron chi connectivity index (χ4n) is 2.99. The lowest BCUT2D eigenvalue weighted by atomic mass is 10.2. The predicted octanol–water partition coefficient (Wildman–Crippen LogP) is 4.65. The highest BCUT2D eigenvalue weighted by Gasteiger charge is 2.16. The number of nitrogens with one attached hydrogen (secondary N) is 1. The van der Waals surface area contributed by atoms with Crippen LogP contribution in [0.1, 0.15) is 0 Å². The Bertz CT molecular complexity index is 1350. The van der Waals surface area contributed by atoms with E-state index in [1.807, 2.05) is 34.9 Å². The van der Waals surface area contributed by atoms with E-state index in [1.165, 1.54) is 15.9 Å². The van der Waals surface area contributed by atoms with E-state index < -0.39 is 0 Å². The molecule has 0 radical (unpaired) electrons. The summed E-state index contributed by atoms with van der Waals surface area (Å²) in [5, 5.41) is 0. The summed E-state index contributed by atoms with van der Waals surface area (Å²) in [5.41, 5.74) is 1.80. The number of aromatic amines is 1. The zero-order valence-corrected chi connectivity index (χ0v) is 17.4. The van der Waals surface area contributed by atoms with Gasteiger partial charge < -0.3 is 14.5 Å². The van der Waals surface area contributed by atoms with Crippen molar-refractivity contribution in [3.63, 3.8) is 0 Å². The summed E-state index contributed by atoms with van der Waals surface area (Å²) < 4.78 is 15.2. The van der Waals surface area contributed by atoms with E-state index in [-0.39, 0.29) is 10.3 Å². The Hall–Kier alpha value is -2.75. The summed E-state index contributed by atoms with van der Waals surface area (Å²) in [4.78, 5) is 16.4. The van der Waals surface area contributed by atoms with Crippen LogP contribution in [0.15, 0.2) is 53.3 Å². The Balaban J connectivity index is 2.00. The average molecular weight is 430 g/mol. The second-order valence-corrected chi connectivity index (χ2v) is 7.86. The fourth-order valence-corrected chi connectivity index (χ4v) is 4.60. The van der Waals surface area contributed by atoms with Gasteiger partial charge in [-0.15, -0.1) is 0 Å². The third kappa shape index (κ3) is 2.97. The van der Waals surface area contributed by atoms with Gasteiger partial charge in [-0.05, 0) is 48.7 Å². The highest BCUT2D eigenvalue weighted by Crippen LogP contribution is 2.29. The van der Waals surface area contributed by atoms with Crippen LogP contribution in [0.25, 0.3) is 21.7 Å². The van der Waals surface area contributed by atoms with E-state index in [0.717, 1.165) is 5.69 Å². The molecule has 0 aliphatic carbocycles. The second kappa shape index (κ2) is 7.34. The first-order chi connectivity index (χ1) is 13.5. The van der Waals surface area contributed by atoms with Crippen molar-refractivity contribution in [1.82, 2.24) is 14.1 Å². The molecule has 0 aliphatic rings. The molecule has 28 heavy (non-hydrogen) atoms. The number of para-hydroxylation sites is 1. The van der Waals surface area contributed by atoms with Gasteiger partial charge in [-0.25, -0.2) is 0 Å². The zero-order valence-electron chi connectivity index (χ0n) is 15.0. The fraction of sp³-hybridized carbons (Fsp3) is 0.105. The standard InChI is InChI=1S/C19H15N3O3S3/c1-24-13-9-8-12(10-14(13)25-2)22-17(23)15-16(20-18(22)26)21(19(27)28-15)11-6-4-3-5-7-11/h3-10H,1-2H3,(H,20,26). The van der Waals surface area contributed by atoms with Crippen molar-refractivity contribution in [2.24, 2.45) is 0 Å². The lowest BCUT2D eigenvalue weighted by Crippen LogP contribution is -2.20. The molecule has 0 saturated heterocycles. The van der Waals surface area contributed by atoms with Crippen molar-refractivity contribution in [3.05, 3.63) is 67.6 Å². The van der Waals surface area contributed by atoms with E-state index in [9.17, 15) is 4.79 Å². The summed E-state index contributed by atoms with van der Waals surface area (Å²) in [6.45, 7) is 0. The Labute approximate surface area is 174 Å². The molecule has 0 spiro atoms. The summed E-state index contributed by atoms with van der Waals surface area (Å²) >= 11 is 12.3. The number of H-pyrrole nitrogens is 1. The molecule has 0 saturated carbocycles. The van der Waals surface area contributed by atoms with Gasteiger partial charge in [0.2, 0.25) is 0 Å². The van der Waals surface area contributed by atoms with Crippen LogP contribution in [0.3, 0.4) is 0 Å². The molecule has 142 valence electrons. The minimum absolute atomic E-state index is 0.239. The molecule has 0 fully saturated rings. The van der Waals surface area contributed by atoms with Gasteiger partial charge in [0.05, 0.1) is 19.9 Å². The Morgan fingerprint density at radius 1 is 0.929 bits per heavy atom. The normalized spacial score (nSPS) is 10.9. The van der Waals surface area contributed by atoms with Gasteiger partial charge >= 0.3 is 0 Å². The van der Waals surface area contributed by atoms with Crippen molar-refractivity contribution in [2.45, 2.75) is 0 Å². The quantitative estimate of drug-likeness (QED) is 0.479. The number of methoxy groups -OCH3 is 2. The number of hydrogen-bond donors (Lipinski definition) is 1. The van der Waals surface area contributed by atoms with Crippen LogP contribution >= 0.6 is 35.8 Å². The van der Waals surface area contributed by atoms with E-state index in [0.29, 0.717) is 31.5 Å². The Morgan fingerprint density at radius 3 is 2.32 bits per heavy atom. The van der Waals surface area contributed by atoms with Crippen LogP contribution in [0.4, 0.5) is 0 Å². The molecule has 0 aliphatic heterocycles. The number of rotatable bonds is 4. The van der Waals surface area contributed by atoms with Gasteiger partial charge in [0.15, 0.2) is 20.2 Å². The van der Waals surface area contributed by atoms with E-state index in [1.54, 1.807) is 32.4 Å². The van der Waals surface area contributed by atoms with Crippen molar-refractivity contribution in [2.75, 3.05) is 14.2 Å². The summed E-state index contributed by atoms with van der Waals surface area (Å²) in [6, 6.07) is 14.8. The van der Waals surface area contributed by atoms with E-state index >= 15 is 0 Å². The molecule has 2 heterocycles. The summed E-state index contributed by atoms with van der Waals surface area (Å²) in [6.07, 6.45) is 0. The maximum atomic E-state index is 13.3. The zero-order chi connectivity index (χ0) is 19.8. The number of thiazole rings is 1. The molecular formula is C19H15N3O3S3. The SMILES string of the molecule is COc1ccc(-n2c(=S)[nH]c3c(sc(=S)n3-c3ccccc3)c2=O)cc1OC. The minimum Gasteiger partial charge on any atom is -0.493 e. The molecule has 4 aromatic rings. The Kier molecular flexibility index (Phi) is 4.88. The molecule has 1 N–H and O–H groups in total. The highest BCUT2D eigenvalue weighted by atomic mass is 32.1. The first-order valence-electron chi connectivity index (χ1n) is 8.24. The average Bonchev–Trinajstić information content (AvgIpc) is 3.04. The maximum absolute atomic E-state index is 13.3.